The fourth-order valence-corrected chi connectivity index (χ4v) is 7.59. The van der Waals surface area contributed by atoms with Crippen molar-refractivity contribution in [3.05, 3.63) is 168 Å². The summed E-state index contributed by atoms with van der Waals surface area (Å²) in [5, 5.41) is 11.7. The second kappa shape index (κ2) is 12.5. The molecule has 8 aromatic rings. The fourth-order valence-electron chi connectivity index (χ4n) is 7.59. The quantitative estimate of drug-likeness (QED) is 0.172. The first-order chi connectivity index (χ1) is 26.2. The Hall–Kier alpha value is -7.31. The first-order valence-corrected chi connectivity index (χ1v) is 17.6. The number of phenolic OH excluding ortho intramolecular Hbond substituents is 1. The number of nitrogens with zero attached hydrogens (tertiary/aromatic N) is 3. The normalized spacial score (nSPS) is 12.1. The van der Waals surface area contributed by atoms with Crippen molar-refractivity contribution in [1.29, 1.82) is 0 Å². The summed E-state index contributed by atoms with van der Waals surface area (Å²) in [7, 11) is 0. The summed E-state index contributed by atoms with van der Waals surface area (Å²) in [5.41, 5.74) is 15.6. The molecule has 2 aliphatic heterocycles. The highest BCUT2D eigenvalue weighted by atomic mass is 16.3. The minimum absolute atomic E-state index is 0.133. The lowest BCUT2D eigenvalue weighted by Crippen LogP contribution is -1.90. The number of nitrogens with one attached hydrogen (secondary N) is 2. The molecule has 250 valence electrons. The van der Waals surface area contributed by atoms with Crippen LogP contribution < -0.4 is 0 Å². The number of pyridine rings is 1. The molecule has 0 unspecified atom stereocenters. The minimum atomic E-state index is 0.133. The van der Waals surface area contributed by atoms with E-state index >= 15 is 0 Å². The Morgan fingerprint density at radius 3 is 1.26 bits per heavy atom. The van der Waals surface area contributed by atoms with Gasteiger partial charge in [0.05, 0.1) is 22.8 Å². The van der Waals surface area contributed by atoms with E-state index < -0.39 is 0 Å². The number of H-pyrrole nitrogens is 2. The van der Waals surface area contributed by atoms with Crippen LogP contribution in [0.25, 0.3) is 102 Å². The van der Waals surface area contributed by atoms with Crippen LogP contribution in [0.3, 0.4) is 0 Å². The van der Waals surface area contributed by atoms with Gasteiger partial charge in [-0.25, -0.2) is 9.97 Å². The Labute approximate surface area is 305 Å². The third-order valence-corrected chi connectivity index (χ3v) is 9.96. The van der Waals surface area contributed by atoms with E-state index in [1.165, 1.54) is 0 Å². The molecule has 6 heterocycles. The zero-order valence-corrected chi connectivity index (χ0v) is 28.5. The number of benzene rings is 4. The molecule has 4 aromatic heterocycles. The van der Waals surface area contributed by atoms with Gasteiger partial charge in [0.2, 0.25) is 0 Å². The monoisotopic (exact) mass is 681 g/mol. The molecule has 8 bridgehead atoms. The number of aromatic hydroxyl groups is 1. The topological polar surface area (TPSA) is 90.5 Å². The molecular formula is C47H31N5O. The molecule has 0 fully saturated rings. The van der Waals surface area contributed by atoms with Crippen molar-refractivity contribution in [3.63, 3.8) is 0 Å². The Morgan fingerprint density at radius 1 is 0.396 bits per heavy atom. The second-order valence-corrected chi connectivity index (χ2v) is 13.1. The minimum Gasteiger partial charge on any atom is -0.506 e. The number of hydrogen-bond acceptors (Lipinski definition) is 4. The van der Waals surface area contributed by atoms with Gasteiger partial charge >= 0.3 is 0 Å². The van der Waals surface area contributed by atoms with Gasteiger partial charge in [-0.15, -0.1) is 0 Å². The van der Waals surface area contributed by atoms with Crippen molar-refractivity contribution in [2.45, 2.75) is 0 Å². The van der Waals surface area contributed by atoms with E-state index in [0.29, 0.717) is 5.52 Å². The van der Waals surface area contributed by atoms with E-state index in [-0.39, 0.29) is 5.75 Å². The van der Waals surface area contributed by atoms with Gasteiger partial charge in [-0.3, -0.25) is 4.98 Å². The molecular weight excluding hydrogens is 651 g/mol. The summed E-state index contributed by atoms with van der Waals surface area (Å²) in [6.45, 7) is 0. The van der Waals surface area contributed by atoms with Crippen LogP contribution >= 0.6 is 0 Å². The van der Waals surface area contributed by atoms with Crippen LogP contribution in [0.4, 0.5) is 0 Å². The number of fused-ring (bicyclic) bond motifs is 9. The predicted octanol–water partition coefficient (Wildman–Crippen LogP) is 11.6. The molecule has 0 aliphatic carbocycles. The Morgan fingerprint density at radius 2 is 0.811 bits per heavy atom. The van der Waals surface area contributed by atoms with Gasteiger partial charge in [0.25, 0.3) is 0 Å². The molecule has 0 atom stereocenters. The maximum Gasteiger partial charge on any atom is 0.141 e. The van der Waals surface area contributed by atoms with Gasteiger partial charge in [-0.1, -0.05) is 97.1 Å². The van der Waals surface area contributed by atoms with Crippen LogP contribution in [-0.2, 0) is 0 Å². The molecule has 4 aromatic carbocycles. The number of phenols is 1. The Kier molecular flexibility index (Phi) is 7.18. The lowest BCUT2D eigenvalue weighted by Gasteiger charge is -2.10. The molecule has 6 heteroatoms. The van der Waals surface area contributed by atoms with Crippen molar-refractivity contribution in [3.8, 4) is 50.3 Å². The van der Waals surface area contributed by atoms with Gasteiger partial charge in [0.15, 0.2) is 0 Å². The first kappa shape index (κ1) is 30.5. The zero-order chi connectivity index (χ0) is 35.3. The van der Waals surface area contributed by atoms with E-state index in [4.69, 9.17) is 9.97 Å². The summed E-state index contributed by atoms with van der Waals surface area (Å²) >= 11 is 0. The van der Waals surface area contributed by atoms with E-state index in [2.05, 4.69) is 136 Å². The number of rotatable bonds is 4. The predicted molar refractivity (Wildman–Crippen MR) is 218 cm³/mol. The van der Waals surface area contributed by atoms with E-state index in [1.54, 1.807) is 12.3 Å². The van der Waals surface area contributed by atoms with Crippen LogP contribution in [0.5, 0.6) is 5.75 Å². The summed E-state index contributed by atoms with van der Waals surface area (Å²) in [5.74, 6) is 0.133. The van der Waals surface area contributed by atoms with Crippen molar-refractivity contribution in [2.75, 3.05) is 0 Å². The average Bonchev–Trinajstić information content (AvgIpc) is 4.05. The molecule has 0 saturated carbocycles. The highest BCUT2D eigenvalue weighted by Gasteiger charge is 2.20. The van der Waals surface area contributed by atoms with E-state index in [0.717, 1.165) is 94.7 Å². The largest absolute Gasteiger partial charge is 0.506 e. The average molecular weight is 682 g/mol. The summed E-state index contributed by atoms with van der Waals surface area (Å²) in [6, 6.07) is 47.3. The molecule has 0 saturated heterocycles. The molecule has 0 amide bonds. The van der Waals surface area contributed by atoms with Crippen LogP contribution in [0.2, 0.25) is 0 Å². The smallest absolute Gasteiger partial charge is 0.141 e. The molecule has 6 nitrogen and oxygen atoms in total. The van der Waals surface area contributed by atoms with Crippen LogP contribution in [-0.4, -0.2) is 30.0 Å². The van der Waals surface area contributed by atoms with E-state index in [1.807, 2.05) is 36.4 Å². The Bertz CT molecular complexity index is 2900. The number of aromatic nitrogens is 5. The van der Waals surface area contributed by atoms with Gasteiger partial charge in [0, 0.05) is 55.9 Å². The summed E-state index contributed by atoms with van der Waals surface area (Å²) < 4.78 is 0. The molecule has 3 N–H and O–H groups in total. The summed E-state index contributed by atoms with van der Waals surface area (Å²) in [6.07, 6.45) is 10.1. The lowest BCUT2D eigenvalue weighted by molar-refractivity contribution is 0.480. The standard InChI is InChI=1S/C47H31N5O/c53-42-27-18-32(33-17-10-28-48-47(33)42)46-40-25-23-38(51-40)44(30-13-6-2-7-14-30)36-21-19-34(49-36)43(29-11-4-1-5-12-29)35-20-22-37(50-35)45(31-15-8-3-9-16-31)39-24-26-41(46)52-39/h1-28,49,52-53H. The van der Waals surface area contributed by atoms with Crippen molar-refractivity contribution in [2.24, 2.45) is 0 Å². The SMILES string of the molecule is Oc1ccc(-c2c3nc(c(-c4ccccc4)c4ccc([nH]4)c(-c4ccccc4)c4nc(c(-c5ccccc5)c5ccc2[nH]5)C=C4)C=C3)c2cccnc12. The van der Waals surface area contributed by atoms with Gasteiger partial charge in [-0.05, 0) is 89.0 Å². The highest BCUT2D eigenvalue weighted by Crippen LogP contribution is 2.40. The van der Waals surface area contributed by atoms with Crippen molar-refractivity contribution in [1.82, 2.24) is 24.9 Å². The molecule has 0 radical (unpaired) electrons. The molecule has 53 heavy (non-hydrogen) atoms. The summed E-state index contributed by atoms with van der Waals surface area (Å²) in [4.78, 5) is 22.9. The van der Waals surface area contributed by atoms with Crippen molar-refractivity contribution >= 4 is 57.3 Å². The first-order valence-electron chi connectivity index (χ1n) is 17.6. The van der Waals surface area contributed by atoms with E-state index in [9.17, 15) is 5.11 Å². The lowest BCUT2D eigenvalue weighted by atomic mass is 9.98. The second-order valence-electron chi connectivity index (χ2n) is 13.1. The maximum atomic E-state index is 10.8. The number of aromatic amines is 2. The third kappa shape index (κ3) is 5.24. The maximum absolute atomic E-state index is 10.8. The molecule has 0 spiro atoms. The Balaban J connectivity index is 1.41. The van der Waals surface area contributed by atoms with Gasteiger partial charge in [0.1, 0.15) is 11.3 Å². The highest BCUT2D eigenvalue weighted by molar-refractivity contribution is 6.05. The fraction of sp³-hybridized carbons (Fsp3) is 0. The van der Waals surface area contributed by atoms with Crippen molar-refractivity contribution < 1.29 is 5.11 Å². The number of hydrogen-bond donors (Lipinski definition) is 3. The van der Waals surface area contributed by atoms with Crippen LogP contribution in [0.15, 0.2) is 146 Å². The zero-order valence-electron chi connectivity index (χ0n) is 28.5. The molecule has 10 rings (SSSR count). The van der Waals surface area contributed by atoms with Crippen LogP contribution in [0.1, 0.15) is 22.8 Å². The van der Waals surface area contributed by atoms with Gasteiger partial charge < -0.3 is 15.1 Å². The van der Waals surface area contributed by atoms with Gasteiger partial charge in [-0.2, -0.15) is 0 Å². The van der Waals surface area contributed by atoms with Crippen LogP contribution in [0, 0.1) is 0 Å². The molecule has 2 aliphatic rings. The third-order valence-electron chi connectivity index (χ3n) is 9.96.